The Hall–Kier alpha value is -1.96. The molecule has 27 heavy (non-hydrogen) atoms. The number of rotatable bonds is 7. The fourth-order valence-electron chi connectivity index (χ4n) is 3.67. The van der Waals surface area contributed by atoms with E-state index in [1.807, 2.05) is 29.2 Å². The van der Waals surface area contributed by atoms with Gasteiger partial charge in [-0.15, -0.1) is 11.3 Å². The monoisotopic (exact) mass is 411 g/mol. The van der Waals surface area contributed by atoms with Crippen LogP contribution in [0.4, 0.5) is 0 Å². The molecule has 0 spiro atoms. The first kappa shape index (κ1) is 19.8. The predicted molar refractivity (Wildman–Crippen MR) is 105 cm³/mol. The van der Waals surface area contributed by atoms with Crippen LogP contribution in [0.1, 0.15) is 29.3 Å². The molecule has 0 bridgehead atoms. The second kappa shape index (κ2) is 8.37. The molecule has 0 aliphatic carbocycles. The lowest BCUT2D eigenvalue weighted by molar-refractivity contribution is -0.142. The van der Waals surface area contributed by atoms with Gasteiger partial charge in [-0.3, -0.25) is 9.69 Å². The molecule has 1 fully saturated rings. The fourth-order valence-corrected chi connectivity index (χ4v) is 4.88. The first-order valence-corrected chi connectivity index (χ1v) is 9.73. The summed E-state index contributed by atoms with van der Waals surface area (Å²) in [6.45, 7) is 0.675. The van der Waals surface area contributed by atoms with E-state index in [9.17, 15) is 9.90 Å². The number of halogens is 1. The van der Waals surface area contributed by atoms with E-state index in [-0.39, 0.29) is 6.04 Å². The highest BCUT2D eigenvalue weighted by Gasteiger charge is 2.39. The number of thiophene rings is 1. The van der Waals surface area contributed by atoms with E-state index < -0.39 is 12.0 Å². The maximum absolute atomic E-state index is 11.8. The highest BCUT2D eigenvalue weighted by Crippen LogP contribution is 2.48. The van der Waals surface area contributed by atoms with Gasteiger partial charge in [0.15, 0.2) is 11.5 Å². The lowest BCUT2D eigenvalue weighted by Crippen LogP contribution is -2.39. The van der Waals surface area contributed by atoms with Gasteiger partial charge in [0.1, 0.15) is 6.04 Å². The van der Waals surface area contributed by atoms with E-state index in [1.165, 1.54) is 11.3 Å². The number of carboxylic acid groups (broad SMARTS) is 1. The van der Waals surface area contributed by atoms with Crippen LogP contribution in [0.15, 0.2) is 24.3 Å². The molecule has 2 aromatic rings. The number of carbonyl (C=O) groups is 1. The van der Waals surface area contributed by atoms with Crippen molar-refractivity contribution in [1.82, 2.24) is 4.90 Å². The molecule has 3 rings (SSSR count). The molecular weight excluding hydrogens is 390 g/mol. The van der Waals surface area contributed by atoms with Gasteiger partial charge in [0.25, 0.3) is 0 Å². The SMILES string of the molecule is COc1ccc(C(c2ccc(Cl)s2)N2CCCC2C(=O)O)c(OC)c1OC. The average molecular weight is 412 g/mol. The Morgan fingerprint density at radius 1 is 1.19 bits per heavy atom. The first-order chi connectivity index (χ1) is 13.0. The van der Waals surface area contributed by atoms with Crippen LogP contribution in [0.3, 0.4) is 0 Å². The minimum absolute atomic E-state index is 0.305. The highest BCUT2D eigenvalue weighted by molar-refractivity contribution is 7.16. The molecule has 146 valence electrons. The topological polar surface area (TPSA) is 68.2 Å². The van der Waals surface area contributed by atoms with E-state index >= 15 is 0 Å². The van der Waals surface area contributed by atoms with E-state index in [1.54, 1.807) is 21.3 Å². The largest absolute Gasteiger partial charge is 0.493 e. The quantitative estimate of drug-likeness (QED) is 0.740. The number of benzene rings is 1. The second-order valence-electron chi connectivity index (χ2n) is 6.20. The van der Waals surface area contributed by atoms with Crippen molar-refractivity contribution in [2.75, 3.05) is 27.9 Å². The number of aliphatic carboxylic acids is 1. The highest BCUT2D eigenvalue weighted by atomic mass is 35.5. The lowest BCUT2D eigenvalue weighted by Gasteiger charge is -2.32. The zero-order valence-corrected chi connectivity index (χ0v) is 17.0. The number of carboxylic acids is 1. The van der Waals surface area contributed by atoms with Gasteiger partial charge in [-0.05, 0) is 37.1 Å². The van der Waals surface area contributed by atoms with Crippen LogP contribution in [-0.4, -0.2) is 49.9 Å². The number of likely N-dealkylation sites (tertiary alicyclic amines) is 1. The summed E-state index contributed by atoms with van der Waals surface area (Å²) in [5, 5.41) is 9.70. The van der Waals surface area contributed by atoms with Gasteiger partial charge < -0.3 is 19.3 Å². The molecule has 1 aromatic carbocycles. The second-order valence-corrected chi connectivity index (χ2v) is 7.95. The third-order valence-electron chi connectivity index (χ3n) is 4.80. The van der Waals surface area contributed by atoms with Gasteiger partial charge in [0.2, 0.25) is 5.75 Å². The zero-order chi connectivity index (χ0) is 19.6. The summed E-state index contributed by atoms with van der Waals surface area (Å²) >= 11 is 7.62. The number of nitrogens with zero attached hydrogens (tertiary/aromatic N) is 1. The van der Waals surface area contributed by atoms with Crippen LogP contribution in [0.5, 0.6) is 17.2 Å². The molecule has 1 aromatic heterocycles. The van der Waals surface area contributed by atoms with E-state index in [0.717, 1.165) is 16.9 Å². The standard InChI is InChI=1S/C19H22ClNO5S/c1-24-13-7-6-11(17(25-2)18(13)26-3)16(14-8-9-15(20)27-14)21-10-4-5-12(21)19(22)23/h6-9,12,16H,4-5,10H2,1-3H3,(H,22,23). The molecule has 1 N–H and O–H groups in total. The Morgan fingerprint density at radius 2 is 1.93 bits per heavy atom. The summed E-state index contributed by atoms with van der Waals surface area (Å²) in [5.41, 5.74) is 0.821. The van der Waals surface area contributed by atoms with Gasteiger partial charge >= 0.3 is 5.97 Å². The summed E-state index contributed by atoms with van der Waals surface area (Å²) in [6.07, 6.45) is 1.43. The molecule has 2 atom stereocenters. The van der Waals surface area contributed by atoms with Crippen molar-refractivity contribution in [1.29, 1.82) is 0 Å². The van der Waals surface area contributed by atoms with Crippen molar-refractivity contribution in [2.24, 2.45) is 0 Å². The third kappa shape index (κ3) is 3.72. The van der Waals surface area contributed by atoms with E-state index in [4.69, 9.17) is 25.8 Å². The maximum Gasteiger partial charge on any atom is 0.320 e. The molecule has 1 aliphatic heterocycles. The fraction of sp³-hybridized carbons (Fsp3) is 0.421. The van der Waals surface area contributed by atoms with Crippen LogP contribution in [0, 0.1) is 0 Å². The van der Waals surface area contributed by atoms with Crippen molar-refractivity contribution >= 4 is 28.9 Å². The molecule has 6 nitrogen and oxygen atoms in total. The van der Waals surface area contributed by atoms with Gasteiger partial charge in [-0.25, -0.2) is 0 Å². The summed E-state index contributed by atoms with van der Waals surface area (Å²) in [4.78, 5) is 14.8. The minimum atomic E-state index is -0.820. The third-order valence-corrected chi connectivity index (χ3v) is 6.09. The van der Waals surface area contributed by atoms with E-state index in [2.05, 4.69) is 0 Å². The van der Waals surface area contributed by atoms with Crippen molar-refractivity contribution in [3.05, 3.63) is 39.0 Å². The Bertz CT molecular complexity index is 824. The first-order valence-electron chi connectivity index (χ1n) is 8.54. The van der Waals surface area contributed by atoms with Crippen molar-refractivity contribution < 1.29 is 24.1 Å². The van der Waals surface area contributed by atoms with Crippen LogP contribution in [0.25, 0.3) is 0 Å². The van der Waals surface area contributed by atoms with Crippen LogP contribution in [-0.2, 0) is 4.79 Å². The van der Waals surface area contributed by atoms with E-state index in [0.29, 0.717) is 34.6 Å². The van der Waals surface area contributed by atoms with Gasteiger partial charge in [-0.2, -0.15) is 0 Å². The van der Waals surface area contributed by atoms with Gasteiger partial charge in [0.05, 0.1) is 31.7 Å². The molecule has 2 unspecified atom stereocenters. The summed E-state index contributed by atoms with van der Waals surface area (Å²) in [6, 6.07) is 6.61. The van der Waals surface area contributed by atoms with Gasteiger partial charge in [0, 0.05) is 17.0 Å². The van der Waals surface area contributed by atoms with Crippen LogP contribution >= 0.6 is 22.9 Å². The predicted octanol–water partition coefficient (Wildman–Crippen LogP) is 4.07. The van der Waals surface area contributed by atoms with Gasteiger partial charge in [-0.1, -0.05) is 11.6 Å². The zero-order valence-electron chi connectivity index (χ0n) is 15.4. The summed E-state index contributed by atoms with van der Waals surface area (Å²) < 4.78 is 17.2. The van der Waals surface area contributed by atoms with Crippen LogP contribution in [0.2, 0.25) is 4.34 Å². The number of hydrogen-bond acceptors (Lipinski definition) is 6. The normalized spacial score (nSPS) is 18.3. The molecule has 2 heterocycles. The summed E-state index contributed by atoms with van der Waals surface area (Å²) in [7, 11) is 4.68. The van der Waals surface area contributed by atoms with Crippen LogP contribution < -0.4 is 14.2 Å². The van der Waals surface area contributed by atoms with Crippen molar-refractivity contribution in [3.63, 3.8) is 0 Å². The Morgan fingerprint density at radius 3 is 2.48 bits per heavy atom. The molecule has 0 radical (unpaired) electrons. The molecule has 8 heteroatoms. The molecule has 1 aliphatic rings. The minimum Gasteiger partial charge on any atom is -0.493 e. The summed E-state index contributed by atoms with van der Waals surface area (Å²) in [5.74, 6) is 0.746. The number of hydrogen-bond donors (Lipinski definition) is 1. The number of ether oxygens (including phenoxy) is 3. The molecular formula is C19H22ClNO5S. The Labute approximate surface area is 167 Å². The van der Waals surface area contributed by atoms with Crippen molar-refractivity contribution in [2.45, 2.75) is 24.9 Å². The molecule has 1 saturated heterocycles. The van der Waals surface area contributed by atoms with Crippen molar-refractivity contribution in [3.8, 4) is 17.2 Å². The molecule has 0 saturated carbocycles. The number of methoxy groups -OCH3 is 3. The Kier molecular flexibility index (Phi) is 6.14. The maximum atomic E-state index is 11.8. The lowest BCUT2D eigenvalue weighted by atomic mass is 10.00. The smallest absolute Gasteiger partial charge is 0.320 e. The molecule has 0 amide bonds. The Balaban J connectivity index is 2.18. The average Bonchev–Trinajstić information content (AvgIpc) is 3.31.